The molecule has 1 rings (SSSR count). The van der Waals surface area contributed by atoms with Gasteiger partial charge in [0, 0.05) is 0 Å². The highest BCUT2D eigenvalue weighted by molar-refractivity contribution is 5.93. The van der Waals surface area contributed by atoms with E-state index in [2.05, 4.69) is 4.74 Å². The first-order valence-electron chi connectivity index (χ1n) is 5.47. The molecule has 110 valence electrons. The zero-order valence-corrected chi connectivity index (χ0v) is 10.5. The van der Waals surface area contributed by atoms with Crippen LogP contribution in [-0.2, 0) is 9.53 Å². The van der Waals surface area contributed by atoms with Gasteiger partial charge in [-0.3, -0.25) is 4.79 Å². The van der Waals surface area contributed by atoms with Crippen LogP contribution < -0.4 is 10.1 Å². The molecule has 0 saturated heterocycles. The second-order valence-corrected chi connectivity index (χ2v) is 3.67. The normalized spacial score (nSPS) is 10.8. The lowest BCUT2D eigenvalue weighted by atomic mass is 10.2. The Morgan fingerprint density at radius 2 is 1.90 bits per heavy atom. The maximum Gasteiger partial charge on any atom is 0.405 e. The summed E-state index contributed by atoms with van der Waals surface area (Å²) in [6.07, 6.45) is -4.51. The number of carbonyl (C=O) groups excluding carboxylic acids is 2. The van der Waals surface area contributed by atoms with Crippen LogP contribution in [0.5, 0.6) is 5.75 Å². The van der Waals surface area contributed by atoms with Gasteiger partial charge in [-0.25, -0.2) is 4.79 Å². The van der Waals surface area contributed by atoms with Crippen molar-refractivity contribution in [1.82, 2.24) is 5.32 Å². The van der Waals surface area contributed by atoms with Gasteiger partial charge in [0.2, 0.25) is 0 Å². The van der Waals surface area contributed by atoms with E-state index in [-0.39, 0.29) is 11.3 Å². The molecule has 5 nitrogen and oxygen atoms in total. The first kappa shape index (κ1) is 15.8. The first-order chi connectivity index (χ1) is 9.33. The van der Waals surface area contributed by atoms with Crippen LogP contribution >= 0.6 is 0 Å². The second kappa shape index (κ2) is 6.78. The molecule has 0 spiro atoms. The predicted octanol–water partition coefficient (Wildman–Crippen LogP) is 1.53. The van der Waals surface area contributed by atoms with Crippen molar-refractivity contribution in [2.45, 2.75) is 6.18 Å². The van der Waals surface area contributed by atoms with Crippen molar-refractivity contribution in [3.63, 3.8) is 0 Å². The lowest BCUT2D eigenvalue weighted by molar-refractivity contribution is -0.140. The minimum Gasteiger partial charge on any atom is -0.496 e. The van der Waals surface area contributed by atoms with Crippen molar-refractivity contribution in [1.29, 1.82) is 0 Å². The molecule has 1 aromatic carbocycles. The van der Waals surface area contributed by atoms with Gasteiger partial charge in [-0.15, -0.1) is 0 Å². The molecule has 0 aromatic heterocycles. The molecule has 0 fully saturated rings. The lowest BCUT2D eigenvalue weighted by Crippen LogP contribution is -2.36. The molecule has 1 N–H and O–H groups in total. The molecular weight excluding hydrogens is 279 g/mol. The van der Waals surface area contributed by atoms with E-state index in [1.165, 1.54) is 19.2 Å². The standard InChI is InChI=1S/C12H12F3NO4/c1-19-9-5-3-2-4-8(9)11(18)20-6-10(17)16-7-12(13,14)15/h2-5H,6-7H2,1H3,(H,16,17). The predicted molar refractivity (Wildman–Crippen MR) is 62.3 cm³/mol. The molecule has 0 atom stereocenters. The number of rotatable bonds is 5. The van der Waals surface area contributed by atoms with Crippen molar-refractivity contribution in [2.24, 2.45) is 0 Å². The number of nitrogens with one attached hydrogen (secondary N) is 1. The van der Waals surface area contributed by atoms with Gasteiger partial charge in [0.05, 0.1) is 7.11 Å². The number of esters is 1. The Morgan fingerprint density at radius 1 is 1.25 bits per heavy atom. The van der Waals surface area contributed by atoms with Crippen LogP contribution in [0.15, 0.2) is 24.3 Å². The number of ether oxygens (including phenoxy) is 2. The summed E-state index contributed by atoms with van der Waals surface area (Å²) >= 11 is 0. The highest BCUT2D eigenvalue weighted by Gasteiger charge is 2.27. The Hall–Kier alpha value is -2.25. The van der Waals surface area contributed by atoms with Gasteiger partial charge in [-0.05, 0) is 12.1 Å². The molecule has 0 aliphatic heterocycles. The SMILES string of the molecule is COc1ccccc1C(=O)OCC(=O)NCC(F)(F)F. The van der Waals surface area contributed by atoms with Gasteiger partial charge in [0.15, 0.2) is 6.61 Å². The molecule has 20 heavy (non-hydrogen) atoms. The Labute approximate surface area is 112 Å². The number of alkyl halides is 3. The van der Waals surface area contributed by atoms with Gasteiger partial charge < -0.3 is 14.8 Å². The summed E-state index contributed by atoms with van der Waals surface area (Å²) in [5.74, 6) is -1.65. The van der Waals surface area contributed by atoms with E-state index in [1.54, 1.807) is 17.4 Å². The number of benzene rings is 1. The number of carbonyl (C=O) groups is 2. The summed E-state index contributed by atoms with van der Waals surface area (Å²) in [7, 11) is 1.35. The van der Waals surface area contributed by atoms with Crippen molar-refractivity contribution >= 4 is 11.9 Å². The molecule has 0 saturated carbocycles. The average Bonchev–Trinajstić information content (AvgIpc) is 2.41. The van der Waals surface area contributed by atoms with Gasteiger partial charge in [-0.2, -0.15) is 13.2 Å². The molecule has 8 heteroatoms. The van der Waals surface area contributed by atoms with Crippen LogP contribution in [0.1, 0.15) is 10.4 Å². The molecule has 0 unspecified atom stereocenters. The van der Waals surface area contributed by atoms with Gasteiger partial charge in [-0.1, -0.05) is 12.1 Å². The van der Waals surface area contributed by atoms with E-state index in [4.69, 9.17) is 4.74 Å². The van der Waals surface area contributed by atoms with Crippen LogP contribution in [-0.4, -0.2) is 38.3 Å². The fourth-order valence-corrected chi connectivity index (χ4v) is 1.27. The minimum absolute atomic E-state index is 0.0821. The quantitative estimate of drug-likeness (QED) is 0.836. The Bertz CT molecular complexity index is 488. The average molecular weight is 291 g/mol. The van der Waals surface area contributed by atoms with E-state index in [1.807, 2.05) is 0 Å². The van der Waals surface area contributed by atoms with Crippen LogP contribution in [0.2, 0.25) is 0 Å². The summed E-state index contributed by atoms with van der Waals surface area (Å²) in [6, 6.07) is 6.11. The second-order valence-electron chi connectivity index (χ2n) is 3.67. The monoisotopic (exact) mass is 291 g/mol. The Balaban J connectivity index is 2.49. The molecule has 1 aromatic rings. The fraction of sp³-hybridized carbons (Fsp3) is 0.333. The Kier molecular flexibility index (Phi) is 5.36. The van der Waals surface area contributed by atoms with Crippen molar-refractivity contribution in [2.75, 3.05) is 20.3 Å². The maximum absolute atomic E-state index is 11.8. The smallest absolute Gasteiger partial charge is 0.405 e. The highest BCUT2D eigenvalue weighted by Crippen LogP contribution is 2.18. The van der Waals surface area contributed by atoms with Crippen molar-refractivity contribution in [3.8, 4) is 5.75 Å². The van der Waals surface area contributed by atoms with Gasteiger partial charge >= 0.3 is 12.1 Å². The van der Waals surface area contributed by atoms with Gasteiger partial charge in [0.25, 0.3) is 5.91 Å². The fourth-order valence-electron chi connectivity index (χ4n) is 1.27. The zero-order valence-electron chi connectivity index (χ0n) is 10.5. The van der Waals surface area contributed by atoms with E-state index in [0.717, 1.165) is 0 Å². The van der Waals surface area contributed by atoms with Crippen molar-refractivity contribution in [3.05, 3.63) is 29.8 Å². The van der Waals surface area contributed by atoms with E-state index < -0.39 is 31.2 Å². The van der Waals surface area contributed by atoms with Crippen LogP contribution in [0.25, 0.3) is 0 Å². The lowest BCUT2D eigenvalue weighted by Gasteiger charge is -2.10. The third-order valence-electron chi connectivity index (χ3n) is 2.15. The van der Waals surface area contributed by atoms with Crippen LogP contribution in [0.3, 0.4) is 0 Å². The molecule has 0 aliphatic carbocycles. The first-order valence-corrected chi connectivity index (χ1v) is 5.47. The number of hydrogen-bond donors (Lipinski definition) is 1. The number of amides is 1. The largest absolute Gasteiger partial charge is 0.496 e. The molecule has 0 heterocycles. The van der Waals surface area contributed by atoms with E-state index in [9.17, 15) is 22.8 Å². The highest BCUT2D eigenvalue weighted by atomic mass is 19.4. The Morgan fingerprint density at radius 3 is 2.50 bits per heavy atom. The minimum atomic E-state index is -4.51. The molecule has 1 amide bonds. The molecular formula is C12H12F3NO4. The molecule has 0 bridgehead atoms. The van der Waals surface area contributed by atoms with E-state index >= 15 is 0 Å². The summed E-state index contributed by atoms with van der Waals surface area (Å²) in [5, 5.41) is 1.59. The maximum atomic E-state index is 11.8. The molecule has 0 aliphatic rings. The number of halogens is 3. The van der Waals surface area contributed by atoms with Crippen LogP contribution in [0.4, 0.5) is 13.2 Å². The zero-order chi connectivity index (χ0) is 15.2. The summed E-state index contributed by atoms with van der Waals surface area (Å²) in [5.41, 5.74) is 0.0821. The number of para-hydroxylation sites is 1. The number of hydrogen-bond acceptors (Lipinski definition) is 4. The van der Waals surface area contributed by atoms with Crippen LogP contribution in [0, 0.1) is 0 Å². The third-order valence-corrected chi connectivity index (χ3v) is 2.15. The topological polar surface area (TPSA) is 64.6 Å². The third kappa shape index (κ3) is 5.17. The van der Waals surface area contributed by atoms with E-state index in [0.29, 0.717) is 0 Å². The summed E-state index contributed by atoms with van der Waals surface area (Å²) < 4.78 is 45.0. The van der Waals surface area contributed by atoms with Gasteiger partial charge in [0.1, 0.15) is 17.9 Å². The summed E-state index contributed by atoms with van der Waals surface area (Å²) in [6.45, 7) is -2.27. The summed E-state index contributed by atoms with van der Waals surface area (Å²) in [4.78, 5) is 22.7. The van der Waals surface area contributed by atoms with Crippen molar-refractivity contribution < 1.29 is 32.2 Å². The molecule has 0 radical (unpaired) electrons. The number of methoxy groups -OCH3 is 1.